The number of likely N-dealkylation sites (N-methyl/N-ethyl adjacent to an activating group) is 1. The number of rotatable bonds is 2. The Morgan fingerprint density at radius 3 is 2.64 bits per heavy atom. The van der Waals surface area contributed by atoms with Crippen LogP contribution in [0.1, 0.15) is 6.42 Å². The third-order valence-electron chi connectivity index (χ3n) is 2.39. The fraction of sp³-hybridized carbons (Fsp3) is 0.750. The van der Waals surface area contributed by atoms with Crippen molar-refractivity contribution >= 4 is 12.0 Å². The van der Waals surface area contributed by atoms with Crippen molar-refractivity contribution in [2.75, 3.05) is 20.7 Å². The summed E-state index contributed by atoms with van der Waals surface area (Å²) in [5.41, 5.74) is 0. The van der Waals surface area contributed by atoms with Crippen molar-refractivity contribution in [2.45, 2.75) is 18.6 Å². The maximum atomic E-state index is 11.3. The smallest absolute Gasteiger partial charge is 0.408 e. The van der Waals surface area contributed by atoms with Gasteiger partial charge in [0.25, 0.3) is 0 Å². The standard InChI is InChI=1S/C8H14N2O4/c1-9-7(11)6-3-5(14-2)4-10(6)8(12)13/h5-6H,3-4H2,1-2H3,(H,9,11)(H,12,13). The maximum absolute atomic E-state index is 11.3. The molecule has 14 heavy (non-hydrogen) atoms. The second kappa shape index (κ2) is 4.28. The number of methoxy groups -OCH3 is 1. The van der Waals surface area contributed by atoms with Crippen LogP contribution in [0.3, 0.4) is 0 Å². The second-order valence-corrected chi connectivity index (χ2v) is 3.16. The van der Waals surface area contributed by atoms with Crippen LogP contribution in [0.4, 0.5) is 4.79 Å². The van der Waals surface area contributed by atoms with Gasteiger partial charge in [-0.3, -0.25) is 9.69 Å². The molecule has 2 N–H and O–H groups in total. The Morgan fingerprint density at radius 2 is 2.21 bits per heavy atom. The van der Waals surface area contributed by atoms with Crippen molar-refractivity contribution < 1.29 is 19.4 Å². The third kappa shape index (κ3) is 1.95. The van der Waals surface area contributed by atoms with E-state index in [1.165, 1.54) is 14.2 Å². The molecule has 0 spiro atoms. The molecule has 0 bridgehead atoms. The lowest BCUT2D eigenvalue weighted by molar-refractivity contribution is -0.124. The Labute approximate surface area is 81.8 Å². The van der Waals surface area contributed by atoms with E-state index in [1.54, 1.807) is 0 Å². The number of nitrogens with one attached hydrogen (secondary N) is 1. The van der Waals surface area contributed by atoms with Crippen molar-refractivity contribution in [3.8, 4) is 0 Å². The highest BCUT2D eigenvalue weighted by molar-refractivity contribution is 5.85. The van der Waals surface area contributed by atoms with Crippen molar-refractivity contribution in [3.05, 3.63) is 0 Å². The normalized spacial score (nSPS) is 26.3. The Morgan fingerprint density at radius 1 is 1.57 bits per heavy atom. The molecule has 0 radical (unpaired) electrons. The highest BCUT2D eigenvalue weighted by Gasteiger charge is 2.39. The van der Waals surface area contributed by atoms with E-state index in [-0.39, 0.29) is 18.6 Å². The number of nitrogens with zero attached hydrogens (tertiary/aromatic N) is 1. The van der Waals surface area contributed by atoms with Crippen LogP contribution in [-0.4, -0.2) is 54.9 Å². The molecule has 2 unspecified atom stereocenters. The molecule has 1 aliphatic rings. The number of amides is 2. The van der Waals surface area contributed by atoms with E-state index in [0.717, 1.165) is 4.90 Å². The lowest BCUT2D eigenvalue weighted by Crippen LogP contribution is -2.44. The predicted octanol–water partition coefficient (Wildman–Crippen LogP) is -0.500. The highest BCUT2D eigenvalue weighted by Crippen LogP contribution is 2.19. The third-order valence-corrected chi connectivity index (χ3v) is 2.39. The summed E-state index contributed by atoms with van der Waals surface area (Å²) in [6.45, 7) is 0.254. The molecule has 6 nitrogen and oxygen atoms in total. The first-order chi connectivity index (χ1) is 6.60. The van der Waals surface area contributed by atoms with Crippen molar-refractivity contribution in [2.24, 2.45) is 0 Å². The average molecular weight is 202 g/mol. The number of carbonyl (C=O) groups is 2. The van der Waals surface area contributed by atoms with Crippen LogP contribution in [0.15, 0.2) is 0 Å². The first kappa shape index (κ1) is 10.8. The number of likely N-dealkylation sites (tertiary alicyclic amines) is 1. The SMILES string of the molecule is CNC(=O)C1CC(OC)CN1C(=O)O. The Balaban J connectivity index is 2.71. The van der Waals surface area contributed by atoms with Gasteiger partial charge in [0.1, 0.15) is 6.04 Å². The van der Waals surface area contributed by atoms with Crippen molar-refractivity contribution in [1.29, 1.82) is 0 Å². The molecule has 80 valence electrons. The zero-order valence-electron chi connectivity index (χ0n) is 8.19. The molecule has 0 aromatic heterocycles. The van der Waals surface area contributed by atoms with Crippen molar-refractivity contribution in [1.82, 2.24) is 10.2 Å². The van der Waals surface area contributed by atoms with E-state index < -0.39 is 12.1 Å². The molecule has 1 heterocycles. The minimum absolute atomic E-state index is 0.187. The molecule has 2 atom stereocenters. The molecule has 1 saturated heterocycles. The number of carboxylic acid groups (broad SMARTS) is 1. The molecule has 1 fully saturated rings. The van der Waals surface area contributed by atoms with Crippen LogP contribution >= 0.6 is 0 Å². The van der Waals surface area contributed by atoms with Gasteiger partial charge in [-0.2, -0.15) is 0 Å². The molecule has 0 aromatic carbocycles. The minimum atomic E-state index is -1.09. The lowest BCUT2D eigenvalue weighted by Gasteiger charge is -2.18. The van der Waals surface area contributed by atoms with Crippen molar-refractivity contribution in [3.63, 3.8) is 0 Å². The van der Waals surface area contributed by atoms with Gasteiger partial charge in [0.2, 0.25) is 5.91 Å². The minimum Gasteiger partial charge on any atom is -0.465 e. The molecule has 1 aliphatic heterocycles. The van der Waals surface area contributed by atoms with E-state index in [4.69, 9.17) is 9.84 Å². The summed E-state index contributed by atoms with van der Waals surface area (Å²) in [6, 6.07) is -0.623. The van der Waals surface area contributed by atoms with E-state index >= 15 is 0 Å². The maximum Gasteiger partial charge on any atom is 0.408 e. The summed E-state index contributed by atoms with van der Waals surface area (Å²) < 4.78 is 5.03. The Hall–Kier alpha value is -1.30. The monoisotopic (exact) mass is 202 g/mol. The van der Waals surface area contributed by atoms with E-state index in [9.17, 15) is 9.59 Å². The van der Waals surface area contributed by atoms with Crippen LogP contribution in [-0.2, 0) is 9.53 Å². The van der Waals surface area contributed by atoms with Crippen LogP contribution < -0.4 is 5.32 Å². The largest absolute Gasteiger partial charge is 0.465 e. The van der Waals surface area contributed by atoms with Crippen LogP contribution in [0.25, 0.3) is 0 Å². The zero-order chi connectivity index (χ0) is 10.7. The van der Waals surface area contributed by atoms with Gasteiger partial charge in [0.15, 0.2) is 0 Å². The molecule has 0 saturated carbocycles. The molecule has 0 aliphatic carbocycles. The van der Waals surface area contributed by atoms with E-state index in [1.807, 2.05) is 0 Å². The first-order valence-corrected chi connectivity index (χ1v) is 4.34. The quantitative estimate of drug-likeness (QED) is 0.632. The Kier molecular flexibility index (Phi) is 3.29. The van der Waals surface area contributed by atoms with Gasteiger partial charge in [0.05, 0.1) is 12.6 Å². The Bertz CT molecular complexity index is 243. The summed E-state index contributed by atoms with van der Waals surface area (Å²) in [7, 11) is 3.00. The first-order valence-electron chi connectivity index (χ1n) is 4.34. The fourth-order valence-electron chi connectivity index (χ4n) is 1.59. The summed E-state index contributed by atoms with van der Waals surface area (Å²) in [5, 5.41) is 11.3. The predicted molar refractivity (Wildman–Crippen MR) is 48.0 cm³/mol. The summed E-state index contributed by atoms with van der Waals surface area (Å²) in [4.78, 5) is 23.2. The van der Waals surface area contributed by atoms with E-state index in [0.29, 0.717) is 6.42 Å². The zero-order valence-corrected chi connectivity index (χ0v) is 8.19. The van der Waals surface area contributed by atoms with Gasteiger partial charge in [-0.25, -0.2) is 4.79 Å². The summed E-state index contributed by atoms with van der Waals surface area (Å²) in [6.07, 6.45) is -0.853. The van der Waals surface area contributed by atoms with Gasteiger partial charge in [-0.1, -0.05) is 0 Å². The van der Waals surface area contributed by atoms with Gasteiger partial charge in [-0.05, 0) is 0 Å². The summed E-state index contributed by atoms with van der Waals surface area (Å²) in [5.74, 6) is -0.285. The molecule has 1 rings (SSSR count). The molecular formula is C8H14N2O4. The number of hydrogen-bond donors (Lipinski definition) is 2. The average Bonchev–Trinajstić information content (AvgIpc) is 2.60. The van der Waals surface area contributed by atoms with Crippen LogP contribution in [0, 0.1) is 0 Å². The van der Waals surface area contributed by atoms with Gasteiger partial charge < -0.3 is 15.2 Å². The number of hydrogen-bond acceptors (Lipinski definition) is 3. The number of ether oxygens (including phenoxy) is 1. The lowest BCUT2D eigenvalue weighted by atomic mass is 10.2. The molecular weight excluding hydrogens is 188 g/mol. The van der Waals surface area contributed by atoms with Gasteiger partial charge in [-0.15, -0.1) is 0 Å². The number of carbonyl (C=O) groups excluding carboxylic acids is 1. The van der Waals surface area contributed by atoms with Gasteiger partial charge in [0, 0.05) is 20.6 Å². The van der Waals surface area contributed by atoms with E-state index in [2.05, 4.69) is 5.32 Å². The van der Waals surface area contributed by atoms with Crippen LogP contribution in [0.5, 0.6) is 0 Å². The van der Waals surface area contributed by atoms with Crippen LogP contribution in [0.2, 0.25) is 0 Å². The summed E-state index contributed by atoms with van der Waals surface area (Å²) >= 11 is 0. The van der Waals surface area contributed by atoms with Gasteiger partial charge >= 0.3 is 6.09 Å². The molecule has 2 amide bonds. The molecule has 6 heteroatoms. The molecule has 0 aromatic rings. The highest BCUT2D eigenvalue weighted by atomic mass is 16.5. The second-order valence-electron chi connectivity index (χ2n) is 3.16. The fourth-order valence-corrected chi connectivity index (χ4v) is 1.59. The topological polar surface area (TPSA) is 78.9 Å².